The molecule has 1 aliphatic carbocycles. The van der Waals surface area contributed by atoms with E-state index in [0.717, 1.165) is 18.2 Å². The molecular weight excluding hydrogens is 242 g/mol. The molecule has 19 heavy (non-hydrogen) atoms. The van der Waals surface area contributed by atoms with Crippen molar-refractivity contribution in [3.05, 3.63) is 24.2 Å². The van der Waals surface area contributed by atoms with Crippen LogP contribution < -0.4 is 10.6 Å². The molecule has 1 fully saturated rings. The van der Waals surface area contributed by atoms with E-state index >= 15 is 0 Å². The molecule has 0 saturated heterocycles. The molecule has 0 aromatic carbocycles. The van der Waals surface area contributed by atoms with Crippen LogP contribution in [0.1, 0.15) is 24.6 Å². The van der Waals surface area contributed by atoms with Crippen LogP contribution in [-0.4, -0.2) is 44.5 Å². The summed E-state index contributed by atoms with van der Waals surface area (Å²) < 4.78 is 5.40. The van der Waals surface area contributed by atoms with Gasteiger partial charge in [-0.05, 0) is 51.5 Å². The lowest BCUT2D eigenvalue weighted by atomic mass is 10.2. The Labute approximate surface area is 114 Å². The normalized spacial score (nSPS) is 16.6. The summed E-state index contributed by atoms with van der Waals surface area (Å²) in [6.45, 7) is 1.92. The highest BCUT2D eigenvalue weighted by atomic mass is 16.3. The lowest BCUT2D eigenvalue weighted by molar-refractivity contribution is -0.120. The van der Waals surface area contributed by atoms with Gasteiger partial charge in [-0.25, -0.2) is 0 Å². The van der Waals surface area contributed by atoms with Crippen LogP contribution in [-0.2, 0) is 4.79 Å². The molecule has 0 aliphatic heterocycles. The van der Waals surface area contributed by atoms with E-state index in [-0.39, 0.29) is 11.9 Å². The summed E-state index contributed by atoms with van der Waals surface area (Å²) in [4.78, 5) is 13.8. The second-order valence-electron chi connectivity index (χ2n) is 5.37. The molecule has 5 heteroatoms. The van der Waals surface area contributed by atoms with Crippen LogP contribution in [0.5, 0.6) is 0 Å². The molecule has 106 valence electrons. The van der Waals surface area contributed by atoms with Crippen molar-refractivity contribution in [2.45, 2.75) is 18.9 Å². The summed E-state index contributed by atoms with van der Waals surface area (Å²) in [6, 6.07) is 3.87. The Morgan fingerprint density at radius 2 is 2.32 bits per heavy atom. The van der Waals surface area contributed by atoms with E-state index in [0.29, 0.717) is 13.1 Å². The summed E-state index contributed by atoms with van der Waals surface area (Å²) in [5, 5.41) is 6.13. The second-order valence-corrected chi connectivity index (χ2v) is 5.37. The smallest absolute Gasteiger partial charge is 0.234 e. The first-order chi connectivity index (χ1) is 9.16. The standard InChI is InChI=1S/C14H23N3O2/c1-17(2)12(13-4-3-7-19-13)9-16-14(18)10-15-8-11-5-6-11/h3-4,7,11-12,15H,5-6,8-10H2,1-2H3,(H,16,18). The highest BCUT2D eigenvalue weighted by Gasteiger charge is 2.21. The number of carbonyl (C=O) groups excluding carboxylic acids is 1. The van der Waals surface area contributed by atoms with Gasteiger partial charge >= 0.3 is 0 Å². The Balaban J connectivity index is 1.70. The number of rotatable bonds is 8. The van der Waals surface area contributed by atoms with E-state index in [9.17, 15) is 4.79 Å². The van der Waals surface area contributed by atoms with Gasteiger partial charge in [-0.2, -0.15) is 0 Å². The Bertz CT molecular complexity index is 385. The molecule has 1 aromatic rings. The molecule has 1 aromatic heterocycles. The van der Waals surface area contributed by atoms with Gasteiger partial charge in [-0.3, -0.25) is 9.69 Å². The number of hydrogen-bond donors (Lipinski definition) is 2. The van der Waals surface area contributed by atoms with Crippen molar-refractivity contribution in [2.24, 2.45) is 5.92 Å². The summed E-state index contributed by atoms with van der Waals surface area (Å²) >= 11 is 0. The molecule has 1 aliphatic rings. The quantitative estimate of drug-likeness (QED) is 0.736. The number of carbonyl (C=O) groups is 1. The number of nitrogens with one attached hydrogen (secondary N) is 2. The van der Waals surface area contributed by atoms with Gasteiger partial charge in [0.1, 0.15) is 5.76 Å². The van der Waals surface area contributed by atoms with Gasteiger partial charge in [0.05, 0.1) is 18.8 Å². The molecule has 0 radical (unpaired) electrons. The Morgan fingerprint density at radius 1 is 1.53 bits per heavy atom. The zero-order valence-corrected chi connectivity index (χ0v) is 11.7. The summed E-state index contributed by atoms with van der Waals surface area (Å²) in [7, 11) is 3.95. The molecule has 1 amide bonds. The van der Waals surface area contributed by atoms with Crippen LogP contribution in [0.4, 0.5) is 0 Å². The largest absolute Gasteiger partial charge is 0.468 e. The maximum atomic E-state index is 11.7. The Hall–Kier alpha value is -1.33. The number of furan rings is 1. The fourth-order valence-corrected chi connectivity index (χ4v) is 2.00. The third kappa shape index (κ3) is 4.69. The highest BCUT2D eigenvalue weighted by molar-refractivity contribution is 5.78. The van der Waals surface area contributed by atoms with Gasteiger partial charge in [0.2, 0.25) is 5.91 Å². The number of amides is 1. The van der Waals surface area contributed by atoms with Crippen molar-refractivity contribution >= 4 is 5.91 Å². The van der Waals surface area contributed by atoms with E-state index in [4.69, 9.17) is 4.42 Å². The first-order valence-electron chi connectivity index (χ1n) is 6.84. The molecule has 2 N–H and O–H groups in total. The van der Waals surface area contributed by atoms with Crippen molar-refractivity contribution in [1.29, 1.82) is 0 Å². The van der Waals surface area contributed by atoms with Crippen LogP contribution >= 0.6 is 0 Å². The predicted octanol–water partition coefficient (Wildman–Crippen LogP) is 0.998. The predicted molar refractivity (Wildman–Crippen MR) is 73.7 cm³/mol. The van der Waals surface area contributed by atoms with Crippen molar-refractivity contribution < 1.29 is 9.21 Å². The first-order valence-corrected chi connectivity index (χ1v) is 6.84. The van der Waals surface area contributed by atoms with Crippen LogP contribution in [0, 0.1) is 5.92 Å². The number of hydrogen-bond acceptors (Lipinski definition) is 4. The van der Waals surface area contributed by atoms with Crippen LogP contribution in [0.2, 0.25) is 0 Å². The zero-order valence-electron chi connectivity index (χ0n) is 11.7. The monoisotopic (exact) mass is 265 g/mol. The van der Waals surface area contributed by atoms with Gasteiger partial charge in [-0.15, -0.1) is 0 Å². The fourth-order valence-electron chi connectivity index (χ4n) is 2.00. The minimum Gasteiger partial charge on any atom is -0.468 e. The average Bonchev–Trinajstić information content (AvgIpc) is 3.03. The lowest BCUT2D eigenvalue weighted by Crippen LogP contribution is -2.39. The molecule has 1 saturated carbocycles. The van der Waals surface area contributed by atoms with Gasteiger partial charge in [0.25, 0.3) is 0 Å². The Kier molecular flexibility index (Phi) is 4.99. The highest BCUT2D eigenvalue weighted by Crippen LogP contribution is 2.27. The minimum atomic E-state index is 0.0408. The van der Waals surface area contributed by atoms with Gasteiger partial charge in [0, 0.05) is 6.54 Å². The maximum absolute atomic E-state index is 11.7. The van der Waals surface area contributed by atoms with E-state index < -0.39 is 0 Å². The minimum absolute atomic E-state index is 0.0408. The summed E-state index contributed by atoms with van der Waals surface area (Å²) in [5.74, 6) is 1.71. The summed E-state index contributed by atoms with van der Waals surface area (Å²) in [5.41, 5.74) is 0. The van der Waals surface area contributed by atoms with E-state index in [1.807, 2.05) is 31.1 Å². The molecule has 1 atom stereocenters. The SMILES string of the molecule is CN(C)C(CNC(=O)CNCC1CC1)c1ccco1. The van der Waals surface area contributed by atoms with Crippen LogP contribution in [0.25, 0.3) is 0 Å². The van der Waals surface area contributed by atoms with Gasteiger partial charge in [-0.1, -0.05) is 0 Å². The molecule has 1 unspecified atom stereocenters. The summed E-state index contributed by atoms with van der Waals surface area (Å²) in [6.07, 6.45) is 4.26. The van der Waals surface area contributed by atoms with Crippen molar-refractivity contribution in [3.8, 4) is 0 Å². The van der Waals surface area contributed by atoms with Crippen molar-refractivity contribution in [1.82, 2.24) is 15.5 Å². The van der Waals surface area contributed by atoms with E-state index in [1.165, 1.54) is 12.8 Å². The molecule has 5 nitrogen and oxygen atoms in total. The maximum Gasteiger partial charge on any atom is 0.234 e. The average molecular weight is 265 g/mol. The van der Waals surface area contributed by atoms with Crippen LogP contribution in [0.3, 0.4) is 0 Å². The third-order valence-corrected chi connectivity index (χ3v) is 3.40. The van der Waals surface area contributed by atoms with Gasteiger partial charge in [0.15, 0.2) is 0 Å². The van der Waals surface area contributed by atoms with E-state index in [1.54, 1.807) is 6.26 Å². The zero-order chi connectivity index (χ0) is 13.7. The Morgan fingerprint density at radius 3 is 2.89 bits per heavy atom. The molecular formula is C14H23N3O2. The van der Waals surface area contributed by atoms with E-state index in [2.05, 4.69) is 10.6 Å². The first kappa shape index (κ1) is 14.1. The lowest BCUT2D eigenvalue weighted by Gasteiger charge is -2.22. The molecule has 0 spiro atoms. The third-order valence-electron chi connectivity index (χ3n) is 3.40. The van der Waals surface area contributed by atoms with Crippen LogP contribution in [0.15, 0.2) is 22.8 Å². The second kappa shape index (κ2) is 6.73. The molecule has 2 rings (SSSR count). The molecule has 0 bridgehead atoms. The topological polar surface area (TPSA) is 57.5 Å². The fraction of sp³-hybridized carbons (Fsp3) is 0.643. The molecule has 1 heterocycles. The number of likely N-dealkylation sites (N-methyl/N-ethyl adjacent to an activating group) is 1. The van der Waals surface area contributed by atoms with Crippen molar-refractivity contribution in [3.63, 3.8) is 0 Å². The number of nitrogens with zero attached hydrogens (tertiary/aromatic N) is 1. The van der Waals surface area contributed by atoms with Crippen molar-refractivity contribution in [2.75, 3.05) is 33.7 Å². The van der Waals surface area contributed by atoms with Gasteiger partial charge < -0.3 is 15.1 Å².